The van der Waals surface area contributed by atoms with Gasteiger partial charge in [-0.05, 0) is 18.8 Å². The fourth-order valence-corrected chi connectivity index (χ4v) is 2.59. The molecule has 1 fully saturated rings. The summed E-state index contributed by atoms with van der Waals surface area (Å²) >= 11 is 2.26. The highest BCUT2D eigenvalue weighted by Gasteiger charge is 2.41. The SMILES string of the molecule is CC1(C)OCC(CI)(Cn2ccnc2[N+](=O)[O-])CO1. The van der Waals surface area contributed by atoms with Crippen LogP contribution in [0.5, 0.6) is 0 Å². The van der Waals surface area contributed by atoms with Crippen LogP contribution in [0.4, 0.5) is 5.95 Å². The highest BCUT2D eigenvalue weighted by atomic mass is 127. The molecular formula is C11H16IN3O4. The van der Waals surface area contributed by atoms with Gasteiger partial charge < -0.3 is 19.6 Å². The molecule has 0 saturated carbocycles. The zero-order valence-electron chi connectivity index (χ0n) is 10.8. The van der Waals surface area contributed by atoms with E-state index in [1.54, 1.807) is 10.8 Å². The third-order valence-corrected chi connectivity index (χ3v) is 4.72. The van der Waals surface area contributed by atoms with Crippen molar-refractivity contribution in [2.24, 2.45) is 5.41 Å². The van der Waals surface area contributed by atoms with Crippen LogP contribution >= 0.6 is 22.6 Å². The monoisotopic (exact) mass is 381 g/mol. The molecule has 0 bridgehead atoms. The second-order valence-electron chi connectivity index (χ2n) is 5.22. The molecule has 2 rings (SSSR count). The third kappa shape index (κ3) is 3.23. The summed E-state index contributed by atoms with van der Waals surface area (Å²) in [7, 11) is 0. The highest BCUT2D eigenvalue weighted by Crippen LogP contribution is 2.33. The number of imidazole rings is 1. The fourth-order valence-electron chi connectivity index (χ4n) is 1.91. The number of aromatic nitrogens is 2. The Kier molecular flexibility index (Phi) is 4.11. The van der Waals surface area contributed by atoms with Gasteiger partial charge in [0.05, 0.1) is 25.2 Å². The molecule has 1 aromatic rings. The minimum Gasteiger partial charge on any atom is -0.390 e. The second-order valence-corrected chi connectivity index (χ2v) is 5.99. The van der Waals surface area contributed by atoms with Crippen molar-refractivity contribution in [2.75, 3.05) is 17.6 Å². The van der Waals surface area contributed by atoms with E-state index in [0.717, 1.165) is 4.43 Å². The summed E-state index contributed by atoms with van der Waals surface area (Å²) in [6.07, 6.45) is 3.05. The molecule has 2 heterocycles. The van der Waals surface area contributed by atoms with E-state index >= 15 is 0 Å². The van der Waals surface area contributed by atoms with Crippen LogP contribution in [0.15, 0.2) is 12.4 Å². The van der Waals surface area contributed by atoms with Crippen molar-refractivity contribution in [2.45, 2.75) is 26.2 Å². The molecule has 7 nitrogen and oxygen atoms in total. The van der Waals surface area contributed by atoms with Crippen LogP contribution in [0.1, 0.15) is 13.8 Å². The molecule has 19 heavy (non-hydrogen) atoms. The van der Waals surface area contributed by atoms with Gasteiger partial charge in [0.2, 0.25) is 0 Å². The average molecular weight is 381 g/mol. The zero-order valence-corrected chi connectivity index (χ0v) is 13.0. The quantitative estimate of drug-likeness (QED) is 0.345. The van der Waals surface area contributed by atoms with Gasteiger partial charge >= 0.3 is 5.95 Å². The second kappa shape index (κ2) is 5.33. The summed E-state index contributed by atoms with van der Waals surface area (Å²) in [4.78, 5) is 14.2. The minimum absolute atomic E-state index is 0.144. The van der Waals surface area contributed by atoms with E-state index < -0.39 is 10.7 Å². The molecule has 0 spiro atoms. The fraction of sp³-hybridized carbons (Fsp3) is 0.727. The number of alkyl halides is 1. The Morgan fingerprint density at radius 2 is 2.16 bits per heavy atom. The Hall–Kier alpha value is -0.740. The van der Waals surface area contributed by atoms with Gasteiger partial charge in [0.1, 0.15) is 12.4 Å². The summed E-state index contributed by atoms with van der Waals surface area (Å²) in [5.41, 5.74) is -0.262. The summed E-state index contributed by atoms with van der Waals surface area (Å²) in [5.74, 6) is -0.732. The van der Waals surface area contributed by atoms with Gasteiger partial charge in [0, 0.05) is 4.43 Å². The maximum absolute atomic E-state index is 10.9. The van der Waals surface area contributed by atoms with E-state index in [9.17, 15) is 10.1 Å². The average Bonchev–Trinajstić information content (AvgIpc) is 2.80. The number of nitro groups is 1. The first-order chi connectivity index (χ1) is 8.87. The summed E-state index contributed by atoms with van der Waals surface area (Å²) < 4.78 is 13.7. The minimum atomic E-state index is -0.587. The van der Waals surface area contributed by atoms with Crippen LogP contribution in [0.25, 0.3) is 0 Å². The van der Waals surface area contributed by atoms with Crippen molar-refractivity contribution >= 4 is 28.5 Å². The Labute approximate surface area is 124 Å². The number of ether oxygens (including phenoxy) is 2. The standard InChI is InChI=1S/C11H16IN3O4/c1-10(2)18-7-11(5-12,8-19-10)6-14-4-3-13-9(14)15(16)17/h3-4H,5-8H2,1-2H3. The molecule has 106 valence electrons. The molecule has 1 aliphatic rings. The van der Waals surface area contributed by atoms with Gasteiger partial charge in [-0.2, -0.15) is 0 Å². The summed E-state index contributed by atoms with van der Waals surface area (Å²) in [6, 6.07) is 0. The van der Waals surface area contributed by atoms with E-state index in [0.29, 0.717) is 19.8 Å². The molecule has 0 N–H and O–H groups in total. The predicted octanol–water partition coefficient (Wildman–Crippen LogP) is 2.00. The Bertz CT molecular complexity index is 464. The number of halogens is 1. The van der Waals surface area contributed by atoms with Gasteiger partial charge in [-0.1, -0.05) is 27.6 Å². The maximum atomic E-state index is 10.9. The maximum Gasteiger partial charge on any atom is 0.434 e. The molecule has 0 radical (unpaired) electrons. The molecule has 0 atom stereocenters. The number of hydrogen-bond donors (Lipinski definition) is 0. The van der Waals surface area contributed by atoms with Crippen molar-refractivity contribution < 1.29 is 14.4 Å². The third-order valence-electron chi connectivity index (χ3n) is 3.10. The van der Waals surface area contributed by atoms with Gasteiger partial charge in [0.25, 0.3) is 0 Å². The lowest BCUT2D eigenvalue weighted by Crippen LogP contribution is -2.49. The smallest absolute Gasteiger partial charge is 0.390 e. The Balaban J connectivity index is 2.15. The zero-order chi connectivity index (χ0) is 14.1. The molecule has 0 aliphatic carbocycles. The molecule has 1 saturated heterocycles. The molecular weight excluding hydrogens is 365 g/mol. The first-order valence-electron chi connectivity index (χ1n) is 5.87. The van der Waals surface area contributed by atoms with Crippen LogP contribution in [0.3, 0.4) is 0 Å². The lowest BCUT2D eigenvalue weighted by atomic mass is 9.91. The predicted molar refractivity (Wildman–Crippen MR) is 76.2 cm³/mol. The normalized spacial score (nSPS) is 21.2. The van der Waals surface area contributed by atoms with Crippen molar-refractivity contribution in [3.8, 4) is 0 Å². The highest BCUT2D eigenvalue weighted by molar-refractivity contribution is 14.1. The van der Waals surface area contributed by atoms with Crippen LogP contribution in [-0.4, -0.2) is 37.9 Å². The number of nitrogens with zero attached hydrogens (tertiary/aromatic N) is 3. The van der Waals surface area contributed by atoms with Gasteiger partial charge in [-0.15, -0.1) is 0 Å². The van der Waals surface area contributed by atoms with Crippen LogP contribution < -0.4 is 0 Å². The van der Waals surface area contributed by atoms with Gasteiger partial charge in [-0.3, -0.25) is 0 Å². The van der Waals surface area contributed by atoms with E-state index in [1.165, 1.54) is 6.20 Å². The van der Waals surface area contributed by atoms with E-state index in [1.807, 2.05) is 13.8 Å². The lowest BCUT2D eigenvalue weighted by Gasteiger charge is -2.41. The summed E-state index contributed by atoms with van der Waals surface area (Å²) in [6.45, 7) is 5.21. The van der Waals surface area contributed by atoms with Gasteiger partial charge in [-0.25, -0.2) is 4.57 Å². The van der Waals surface area contributed by atoms with Crippen molar-refractivity contribution in [1.82, 2.24) is 9.55 Å². The Morgan fingerprint density at radius 3 is 2.68 bits per heavy atom. The molecule has 8 heteroatoms. The molecule has 1 aromatic heterocycles. The van der Waals surface area contributed by atoms with E-state index in [-0.39, 0.29) is 11.4 Å². The molecule has 0 unspecified atom stereocenters. The first kappa shape index (κ1) is 14.7. The molecule has 0 amide bonds. The van der Waals surface area contributed by atoms with Crippen LogP contribution in [-0.2, 0) is 16.0 Å². The van der Waals surface area contributed by atoms with Crippen LogP contribution in [0.2, 0.25) is 0 Å². The van der Waals surface area contributed by atoms with Crippen LogP contribution in [0, 0.1) is 15.5 Å². The van der Waals surface area contributed by atoms with E-state index in [4.69, 9.17) is 9.47 Å². The largest absolute Gasteiger partial charge is 0.434 e. The van der Waals surface area contributed by atoms with Crippen molar-refractivity contribution in [1.29, 1.82) is 0 Å². The lowest BCUT2D eigenvalue weighted by molar-refractivity contribution is -0.397. The first-order valence-corrected chi connectivity index (χ1v) is 7.39. The van der Waals surface area contributed by atoms with E-state index in [2.05, 4.69) is 27.6 Å². The number of hydrogen-bond acceptors (Lipinski definition) is 5. The van der Waals surface area contributed by atoms with Crippen molar-refractivity contribution in [3.63, 3.8) is 0 Å². The Morgan fingerprint density at radius 1 is 1.53 bits per heavy atom. The summed E-state index contributed by atoms with van der Waals surface area (Å²) in [5, 5.41) is 10.9. The molecule has 0 aromatic carbocycles. The topological polar surface area (TPSA) is 79.4 Å². The molecule has 1 aliphatic heterocycles. The van der Waals surface area contributed by atoms with Crippen molar-refractivity contribution in [3.05, 3.63) is 22.5 Å². The number of rotatable bonds is 4. The van der Waals surface area contributed by atoms with Gasteiger partial charge in [0.15, 0.2) is 5.79 Å².